The molecule has 1 saturated heterocycles. The summed E-state index contributed by atoms with van der Waals surface area (Å²) in [6.45, 7) is 0.643. The van der Waals surface area contributed by atoms with E-state index in [1.54, 1.807) is 24.3 Å². The standard InChI is InChI=1S/C14H18O5S/c15-14(16)8-11-3-5-12(6-4-11)9-20(17,18)10-13-2-1-7-19-13/h3-6,13H,1-2,7-10H2,(H,15,16). The summed E-state index contributed by atoms with van der Waals surface area (Å²) in [6, 6.07) is 6.66. The molecule has 0 amide bonds. The first-order valence-electron chi connectivity index (χ1n) is 6.56. The Balaban J connectivity index is 1.96. The Morgan fingerprint density at radius 1 is 1.25 bits per heavy atom. The molecule has 0 aliphatic carbocycles. The van der Waals surface area contributed by atoms with Crippen molar-refractivity contribution < 1.29 is 23.1 Å². The quantitative estimate of drug-likeness (QED) is 0.858. The SMILES string of the molecule is O=C(O)Cc1ccc(CS(=O)(=O)CC2CCCO2)cc1. The first-order valence-corrected chi connectivity index (χ1v) is 8.38. The molecule has 6 heteroatoms. The smallest absolute Gasteiger partial charge is 0.307 e. The van der Waals surface area contributed by atoms with Crippen molar-refractivity contribution in [1.82, 2.24) is 0 Å². The number of carboxylic acid groups (broad SMARTS) is 1. The maximum Gasteiger partial charge on any atom is 0.307 e. The Labute approximate surface area is 118 Å². The van der Waals surface area contributed by atoms with Crippen LogP contribution in [0.5, 0.6) is 0 Å². The maximum atomic E-state index is 12.0. The highest BCUT2D eigenvalue weighted by molar-refractivity contribution is 7.90. The van der Waals surface area contributed by atoms with Crippen molar-refractivity contribution >= 4 is 15.8 Å². The monoisotopic (exact) mass is 298 g/mol. The zero-order valence-electron chi connectivity index (χ0n) is 11.1. The number of hydrogen-bond donors (Lipinski definition) is 1. The van der Waals surface area contributed by atoms with Crippen LogP contribution in [0.25, 0.3) is 0 Å². The van der Waals surface area contributed by atoms with Gasteiger partial charge in [-0.15, -0.1) is 0 Å². The van der Waals surface area contributed by atoms with E-state index < -0.39 is 15.8 Å². The summed E-state index contributed by atoms with van der Waals surface area (Å²) in [4.78, 5) is 10.6. The van der Waals surface area contributed by atoms with Crippen LogP contribution >= 0.6 is 0 Å². The number of rotatable bonds is 6. The van der Waals surface area contributed by atoms with Crippen molar-refractivity contribution in [2.45, 2.75) is 31.1 Å². The fourth-order valence-electron chi connectivity index (χ4n) is 2.30. The molecule has 0 saturated carbocycles. The molecule has 1 atom stereocenters. The van der Waals surface area contributed by atoms with Gasteiger partial charge in [-0.25, -0.2) is 8.42 Å². The van der Waals surface area contributed by atoms with Gasteiger partial charge in [0.05, 0.1) is 24.0 Å². The second kappa shape index (κ2) is 6.37. The third kappa shape index (κ3) is 4.61. The molecule has 1 aliphatic heterocycles. The molecule has 1 heterocycles. The minimum absolute atomic E-state index is 0.0276. The topological polar surface area (TPSA) is 80.7 Å². The molecular weight excluding hydrogens is 280 g/mol. The number of carbonyl (C=O) groups is 1. The molecule has 1 fully saturated rings. The third-order valence-electron chi connectivity index (χ3n) is 3.23. The lowest BCUT2D eigenvalue weighted by molar-refractivity contribution is -0.136. The lowest BCUT2D eigenvalue weighted by Crippen LogP contribution is -2.21. The van der Waals surface area contributed by atoms with Crippen LogP contribution in [-0.4, -0.2) is 38.0 Å². The molecule has 5 nitrogen and oxygen atoms in total. The van der Waals surface area contributed by atoms with E-state index in [0.29, 0.717) is 17.7 Å². The van der Waals surface area contributed by atoms with Crippen molar-refractivity contribution in [3.05, 3.63) is 35.4 Å². The lowest BCUT2D eigenvalue weighted by Gasteiger charge is -2.10. The molecule has 20 heavy (non-hydrogen) atoms. The molecule has 1 unspecified atom stereocenters. The van der Waals surface area contributed by atoms with Crippen LogP contribution in [0, 0.1) is 0 Å². The molecule has 0 aromatic heterocycles. The van der Waals surface area contributed by atoms with Crippen LogP contribution < -0.4 is 0 Å². The van der Waals surface area contributed by atoms with Crippen molar-refractivity contribution in [2.75, 3.05) is 12.4 Å². The van der Waals surface area contributed by atoms with E-state index in [9.17, 15) is 13.2 Å². The number of carboxylic acids is 1. The molecule has 1 N–H and O–H groups in total. The highest BCUT2D eigenvalue weighted by Gasteiger charge is 2.23. The summed E-state index contributed by atoms with van der Waals surface area (Å²) in [5.74, 6) is -0.867. The average molecular weight is 298 g/mol. The first kappa shape index (κ1) is 15.0. The van der Waals surface area contributed by atoms with E-state index in [1.165, 1.54) is 0 Å². The zero-order chi connectivity index (χ0) is 14.6. The minimum Gasteiger partial charge on any atom is -0.481 e. The molecule has 1 aromatic carbocycles. The normalized spacial score (nSPS) is 19.1. The number of aliphatic carboxylic acids is 1. The summed E-state index contributed by atoms with van der Waals surface area (Å²) in [6.07, 6.45) is 1.50. The highest BCUT2D eigenvalue weighted by Crippen LogP contribution is 2.17. The predicted octanol–water partition coefficient (Wildman–Crippen LogP) is 1.41. The Kier molecular flexibility index (Phi) is 4.77. The van der Waals surface area contributed by atoms with Crippen molar-refractivity contribution in [1.29, 1.82) is 0 Å². The molecule has 110 valence electrons. The highest BCUT2D eigenvalue weighted by atomic mass is 32.2. The average Bonchev–Trinajstić information content (AvgIpc) is 2.82. The van der Waals surface area contributed by atoms with Gasteiger partial charge in [-0.05, 0) is 24.0 Å². The van der Waals surface area contributed by atoms with Gasteiger partial charge >= 0.3 is 5.97 Å². The second-order valence-electron chi connectivity index (χ2n) is 5.08. The Hall–Kier alpha value is -1.40. The minimum atomic E-state index is -3.20. The van der Waals surface area contributed by atoms with Crippen LogP contribution in [0.2, 0.25) is 0 Å². The van der Waals surface area contributed by atoms with Gasteiger partial charge in [-0.2, -0.15) is 0 Å². The van der Waals surface area contributed by atoms with Crippen LogP contribution in [0.4, 0.5) is 0 Å². The van der Waals surface area contributed by atoms with E-state index in [4.69, 9.17) is 9.84 Å². The van der Waals surface area contributed by atoms with E-state index in [0.717, 1.165) is 12.8 Å². The fourth-order valence-corrected chi connectivity index (χ4v) is 3.95. The van der Waals surface area contributed by atoms with E-state index >= 15 is 0 Å². The number of ether oxygens (including phenoxy) is 1. The molecule has 0 bridgehead atoms. The number of sulfone groups is 1. The maximum absolute atomic E-state index is 12.0. The molecule has 0 radical (unpaired) electrons. The van der Waals surface area contributed by atoms with Crippen LogP contribution in [0.3, 0.4) is 0 Å². The van der Waals surface area contributed by atoms with Crippen molar-refractivity contribution in [3.8, 4) is 0 Å². The Bertz CT molecular complexity index is 556. The van der Waals surface area contributed by atoms with Gasteiger partial charge in [0, 0.05) is 6.61 Å². The van der Waals surface area contributed by atoms with E-state index in [1.807, 2.05) is 0 Å². The summed E-state index contributed by atoms with van der Waals surface area (Å²) < 4.78 is 29.4. The molecule has 1 aromatic rings. The third-order valence-corrected chi connectivity index (χ3v) is 4.88. The largest absolute Gasteiger partial charge is 0.481 e. The fraction of sp³-hybridized carbons (Fsp3) is 0.500. The zero-order valence-corrected chi connectivity index (χ0v) is 11.9. The van der Waals surface area contributed by atoms with Crippen LogP contribution in [-0.2, 0) is 31.5 Å². The van der Waals surface area contributed by atoms with Crippen LogP contribution in [0.15, 0.2) is 24.3 Å². The Morgan fingerprint density at radius 3 is 2.45 bits per heavy atom. The summed E-state index contributed by atoms with van der Waals surface area (Å²) in [5.41, 5.74) is 1.34. The molecule has 1 aliphatic rings. The van der Waals surface area contributed by atoms with Crippen LogP contribution in [0.1, 0.15) is 24.0 Å². The summed E-state index contributed by atoms with van der Waals surface area (Å²) in [7, 11) is -3.20. The number of benzene rings is 1. The van der Waals surface area contributed by atoms with Gasteiger partial charge < -0.3 is 9.84 Å². The van der Waals surface area contributed by atoms with Gasteiger partial charge in [0.2, 0.25) is 0 Å². The van der Waals surface area contributed by atoms with Gasteiger partial charge in [0.1, 0.15) is 0 Å². The lowest BCUT2D eigenvalue weighted by atomic mass is 10.1. The van der Waals surface area contributed by atoms with E-state index in [-0.39, 0.29) is 24.0 Å². The molecule has 0 spiro atoms. The summed E-state index contributed by atoms with van der Waals surface area (Å²) in [5, 5.41) is 8.67. The van der Waals surface area contributed by atoms with Crippen molar-refractivity contribution in [3.63, 3.8) is 0 Å². The predicted molar refractivity (Wildman–Crippen MR) is 74.2 cm³/mol. The van der Waals surface area contributed by atoms with Gasteiger partial charge in [0.15, 0.2) is 9.84 Å². The van der Waals surface area contributed by atoms with E-state index in [2.05, 4.69) is 0 Å². The molecule has 2 rings (SSSR count). The molecular formula is C14H18O5S. The Morgan fingerprint density at radius 2 is 1.90 bits per heavy atom. The van der Waals surface area contributed by atoms with Crippen molar-refractivity contribution in [2.24, 2.45) is 0 Å². The van der Waals surface area contributed by atoms with Gasteiger partial charge in [0.25, 0.3) is 0 Å². The number of hydrogen-bond acceptors (Lipinski definition) is 4. The second-order valence-corrected chi connectivity index (χ2v) is 7.19. The summed E-state index contributed by atoms with van der Waals surface area (Å²) >= 11 is 0. The van der Waals surface area contributed by atoms with Gasteiger partial charge in [-0.1, -0.05) is 24.3 Å². The first-order chi connectivity index (χ1) is 9.44. The van der Waals surface area contributed by atoms with Gasteiger partial charge in [-0.3, -0.25) is 4.79 Å².